The van der Waals surface area contributed by atoms with Crippen molar-refractivity contribution in [1.82, 2.24) is 0 Å². The summed E-state index contributed by atoms with van der Waals surface area (Å²) in [7, 11) is -1.09. The van der Waals surface area contributed by atoms with Crippen LogP contribution in [0.15, 0.2) is 17.9 Å². The third-order valence-electron chi connectivity index (χ3n) is 4.65. The predicted molar refractivity (Wildman–Crippen MR) is 82.4 cm³/mol. The van der Waals surface area contributed by atoms with Gasteiger partial charge in [0, 0.05) is 5.57 Å². The molecule has 0 aromatic heterocycles. The van der Waals surface area contributed by atoms with Gasteiger partial charge in [-0.1, -0.05) is 0 Å². The van der Waals surface area contributed by atoms with Crippen molar-refractivity contribution in [2.24, 2.45) is 0 Å². The lowest BCUT2D eigenvalue weighted by Gasteiger charge is -2.32. The molecule has 0 spiro atoms. The van der Waals surface area contributed by atoms with Gasteiger partial charge in [0.05, 0.1) is 16.8 Å². The Morgan fingerprint density at radius 3 is 2.36 bits per heavy atom. The second kappa shape index (κ2) is 4.73. The fraction of sp³-hybridized carbons (Fsp3) is 0.500. The average molecular weight is 306 g/mol. The van der Waals surface area contributed by atoms with Crippen LogP contribution in [0.5, 0.6) is 11.5 Å². The minimum Gasteiger partial charge on any atom is -0.507 e. The van der Waals surface area contributed by atoms with E-state index in [-0.39, 0.29) is 17.9 Å². The standard InChI is InChI=1S/C16H20BFO4/c1-9-6-11(19)13-10(8-20-12(13)7-9)14(18)17-21-15(2,3)16(4,5)22-17/h6-7,19H,8H2,1-5H3. The highest BCUT2D eigenvalue weighted by Gasteiger charge is 2.54. The molecule has 0 saturated carbocycles. The smallest absolute Gasteiger partial charge is 0.507 e. The summed E-state index contributed by atoms with van der Waals surface area (Å²) in [4.78, 5) is 0. The van der Waals surface area contributed by atoms with Gasteiger partial charge in [-0.2, -0.15) is 0 Å². The molecule has 1 fully saturated rings. The van der Waals surface area contributed by atoms with E-state index in [2.05, 4.69) is 0 Å². The summed E-state index contributed by atoms with van der Waals surface area (Å²) in [6, 6.07) is 3.37. The molecule has 0 aliphatic carbocycles. The van der Waals surface area contributed by atoms with Gasteiger partial charge in [0.25, 0.3) is 0 Å². The number of ether oxygens (including phenoxy) is 1. The first kappa shape index (κ1) is 15.4. The maximum absolute atomic E-state index is 14.9. The Labute approximate surface area is 130 Å². The molecule has 1 saturated heterocycles. The Hall–Kier alpha value is -1.53. The molecule has 0 bridgehead atoms. The topological polar surface area (TPSA) is 47.9 Å². The third kappa shape index (κ3) is 2.21. The number of benzene rings is 1. The number of phenolic OH excluding ortho intramolecular Hbond substituents is 1. The van der Waals surface area contributed by atoms with Crippen LogP contribution >= 0.6 is 0 Å². The summed E-state index contributed by atoms with van der Waals surface area (Å²) in [6.07, 6.45) is 0. The Balaban J connectivity index is 2.01. The number of aromatic hydroxyl groups is 1. The molecule has 2 aliphatic heterocycles. The molecule has 4 nitrogen and oxygen atoms in total. The van der Waals surface area contributed by atoms with Gasteiger partial charge < -0.3 is 19.2 Å². The Bertz CT molecular complexity index is 650. The first-order chi connectivity index (χ1) is 10.1. The number of halogens is 1. The van der Waals surface area contributed by atoms with Gasteiger partial charge in [-0.3, -0.25) is 0 Å². The molecule has 2 aliphatic rings. The molecule has 1 N–H and O–H groups in total. The Kier molecular flexibility index (Phi) is 3.31. The van der Waals surface area contributed by atoms with Gasteiger partial charge in [0.15, 0.2) is 0 Å². The first-order valence-electron chi connectivity index (χ1n) is 7.33. The van der Waals surface area contributed by atoms with Gasteiger partial charge in [-0.25, -0.2) is 4.39 Å². The molecule has 118 valence electrons. The highest BCUT2D eigenvalue weighted by atomic mass is 19.1. The van der Waals surface area contributed by atoms with Gasteiger partial charge in [-0.05, 0) is 52.3 Å². The van der Waals surface area contributed by atoms with Crippen molar-refractivity contribution in [3.8, 4) is 11.5 Å². The van der Waals surface area contributed by atoms with Crippen molar-refractivity contribution in [3.63, 3.8) is 0 Å². The summed E-state index contributed by atoms with van der Waals surface area (Å²) >= 11 is 0. The molecular formula is C16H20BFO4. The van der Waals surface area contributed by atoms with E-state index in [4.69, 9.17) is 14.0 Å². The van der Waals surface area contributed by atoms with Gasteiger partial charge in [-0.15, -0.1) is 0 Å². The zero-order valence-corrected chi connectivity index (χ0v) is 13.5. The summed E-state index contributed by atoms with van der Waals surface area (Å²) in [5.74, 6) is 0.494. The van der Waals surface area contributed by atoms with Crippen LogP contribution in [0.3, 0.4) is 0 Å². The SMILES string of the molecule is Cc1cc(O)c2c(c1)OCC2=C(F)B1OC(C)(C)C(C)(C)O1. The van der Waals surface area contributed by atoms with Crippen LogP contribution in [0, 0.1) is 6.92 Å². The highest BCUT2D eigenvalue weighted by Crippen LogP contribution is 2.45. The van der Waals surface area contributed by atoms with Crippen molar-refractivity contribution in [3.05, 3.63) is 29.0 Å². The average Bonchev–Trinajstić information content (AvgIpc) is 2.88. The zero-order chi connectivity index (χ0) is 16.3. The molecule has 0 atom stereocenters. The number of aryl methyl sites for hydroxylation is 1. The van der Waals surface area contributed by atoms with Crippen molar-refractivity contribution in [2.75, 3.05) is 6.61 Å². The molecule has 2 heterocycles. The maximum atomic E-state index is 14.9. The normalized spacial score (nSPS) is 24.2. The number of phenols is 1. The maximum Gasteiger partial charge on any atom is 0.525 e. The second-order valence-corrected chi connectivity index (χ2v) is 6.86. The van der Waals surface area contributed by atoms with Crippen molar-refractivity contribution in [2.45, 2.75) is 45.8 Å². The van der Waals surface area contributed by atoms with Crippen LogP contribution < -0.4 is 4.74 Å². The zero-order valence-electron chi connectivity index (χ0n) is 13.5. The fourth-order valence-corrected chi connectivity index (χ4v) is 2.65. The number of fused-ring (bicyclic) bond motifs is 1. The van der Waals surface area contributed by atoms with E-state index in [9.17, 15) is 9.50 Å². The summed E-state index contributed by atoms with van der Waals surface area (Å²) < 4.78 is 31.8. The number of hydrogen-bond acceptors (Lipinski definition) is 4. The molecule has 3 rings (SSSR count). The molecule has 22 heavy (non-hydrogen) atoms. The van der Waals surface area contributed by atoms with Crippen LogP contribution in [-0.2, 0) is 9.31 Å². The summed E-state index contributed by atoms with van der Waals surface area (Å²) in [5.41, 5.74) is -0.255. The van der Waals surface area contributed by atoms with Crippen molar-refractivity contribution in [1.29, 1.82) is 0 Å². The lowest BCUT2D eigenvalue weighted by molar-refractivity contribution is 0.00578. The van der Waals surface area contributed by atoms with E-state index < -0.39 is 24.0 Å². The molecule has 0 unspecified atom stereocenters. The molecule has 0 radical (unpaired) electrons. The number of rotatable bonds is 1. The highest BCUT2D eigenvalue weighted by molar-refractivity contribution is 6.55. The molecular weight excluding hydrogens is 286 g/mol. The van der Waals surface area contributed by atoms with Gasteiger partial charge in [0.2, 0.25) is 0 Å². The van der Waals surface area contributed by atoms with E-state index >= 15 is 0 Å². The van der Waals surface area contributed by atoms with Gasteiger partial charge in [0.1, 0.15) is 23.8 Å². The lowest BCUT2D eigenvalue weighted by Crippen LogP contribution is -2.41. The molecule has 1 aromatic rings. The molecule has 0 amide bonds. The van der Waals surface area contributed by atoms with Crippen LogP contribution in [0.1, 0.15) is 38.8 Å². The summed E-state index contributed by atoms with van der Waals surface area (Å²) in [5, 5.41) is 10.1. The summed E-state index contributed by atoms with van der Waals surface area (Å²) in [6.45, 7) is 9.36. The Morgan fingerprint density at radius 2 is 1.77 bits per heavy atom. The molecule has 1 aromatic carbocycles. The van der Waals surface area contributed by atoms with Crippen LogP contribution in [0.4, 0.5) is 4.39 Å². The second-order valence-electron chi connectivity index (χ2n) is 6.86. The van der Waals surface area contributed by atoms with Crippen LogP contribution in [-0.4, -0.2) is 30.0 Å². The Morgan fingerprint density at radius 1 is 1.18 bits per heavy atom. The quantitative estimate of drug-likeness (QED) is 0.808. The number of hydrogen-bond donors (Lipinski definition) is 1. The van der Waals surface area contributed by atoms with Crippen molar-refractivity contribution < 1.29 is 23.5 Å². The lowest BCUT2D eigenvalue weighted by atomic mass is 9.83. The molecule has 6 heteroatoms. The first-order valence-corrected chi connectivity index (χ1v) is 7.33. The minimum absolute atomic E-state index is 0.00849. The monoisotopic (exact) mass is 306 g/mol. The largest absolute Gasteiger partial charge is 0.525 e. The fourth-order valence-electron chi connectivity index (χ4n) is 2.65. The van der Waals surface area contributed by atoms with Gasteiger partial charge >= 0.3 is 7.12 Å². The van der Waals surface area contributed by atoms with E-state index in [1.807, 2.05) is 34.6 Å². The van der Waals surface area contributed by atoms with E-state index in [1.54, 1.807) is 12.1 Å². The predicted octanol–water partition coefficient (Wildman–Crippen LogP) is 3.41. The van der Waals surface area contributed by atoms with Crippen LogP contribution in [0.2, 0.25) is 0 Å². The minimum atomic E-state index is -1.09. The third-order valence-corrected chi connectivity index (χ3v) is 4.65. The van der Waals surface area contributed by atoms with E-state index in [1.165, 1.54) is 0 Å². The van der Waals surface area contributed by atoms with E-state index in [0.29, 0.717) is 11.3 Å². The van der Waals surface area contributed by atoms with E-state index in [0.717, 1.165) is 5.56 Å². The van der Waals surface area contributed by atoms with Crippen LogP contribution in [0.25, 0.3) is 5.57 Å². The van der Waals surface area contributed by atoms with Crippen molar-refractivity contribution >= 4 is 12.7 Å².